The number of aromatic nitrogens is 2. The summed E-state index contributed by atoms with van der Waals surface area (Å²) in [6.45, 7) is 1.48. The van der Waals surface area contributed by atoms with Crippen molar-refractivity contribution in [2.45, 2.75) is 6.92 Å². The van der Waals surface area contributed by atoms with Gasteiger partial charge in [-0.1, -0.05) is 29.8 Å². The molecular formula is C20H15ClN4OS. The molecule has 0 bridgehead atoms. The molecule has 0 aliphatic carbocycles. The molecule has 2 N–H and O–H groups in total. The van der Waals surface area contributed by atoms with Crippen molar-refractivity contribution < 1.29 is 4.79 Å². The Labute approximate surface area is 165 Å². The molecule has 0 saturated carbocycles. The van der Waals surface area contributed by atoms with Gasteiger partial charge in [0, 0.05) is 23.7 Å². The molecule has 7 heteroatoms. The number of carbonyl (C=O) groups excluding carboxylic acids is 1. The van der Waals surface area contributed by atoms with Gasteiger partial charge < -0.3 is 10.6 Å². The first-order valence-electron chi connectivity index (χ1n) is 8.25. The first kappa shape index (κ1) is 17.5. The highest BCUT2D eigenvalue weighted by Gasteiger charge is 2.13. The molecule has 0 aliphatic heterocycles. The first-order valence-corrected chi connectivity index (χ1v) is 9.51. The lowest BCUT2D eigenvalue weighted by atomic mass is 10.2. The summed E-state index contributed by atoms with van der Waals surface area (Å²) in [7, 11) is 0. The van der Waals surface area contributed by atoms with Crippen LogP contribution in [0, 0.1) is 0 Å². The largest absolute Gasteiger partial charge is 0.340 e. The number of carbonyl (C=O) groups is 1. The summed E-state index contributed by atoms with van der Waals surface area (Å²) in [4.78, 5) is 21.5. The highest BCUT2D eigenvalue weighted by Crippen LogP contribution is 2.34. The lowest BCUT2D eigenvalue weighted by Gasteiger charge is -2.12. The molecule has 1 amide bonds. The Morgan fingerprint density at radius 2 is 1.85 bits per heavy atom. The van der Waals surface area contributed by atoms with E-state index in [9.17, 15) is 4.79 Å². The molecule has 0 radical (unpaired) electrons. The number of anilines is 3. The van der Waals surface area contributed by atoms with E-state index in [1.165, 1.54) is 18.3 Å². The second-order valence-electron chi connectivity index (χ2n) is 5.90. The number of nitrogens with one attached hydrogen (secondary N) is 2. The normalized spacial score (nSPS) is 10.7. The Morgan fingerprint density at radius 1 is 1.04 bits per heavy atom. The molecule has 2 heterocycles. The van der Waals surface area contributed by atoms with Crippen LogP contribution in [-0.2, 0) is 4.79 Å². The second kappa shape index (κ2) is 7.34. The summed E-state index contributed by atoms with van der Waals surface area (Å²) >= 11 is 7.78. The van der Waals surface area contributed by atoms with Crippen molar-refractivity contribution in [2.75, 3.05) is 10.6 Å². The highest BCUT2D eigenvalue weighted by atomic mass is 35.5. The third-order valence-corrected chi connectivity index (χ3v) is 5.21. The molecule has 134 valence electrons. The molecule has 0 aliphatic rings. The van der Waals surface area contributed by atoms with Crippen molar-refractivity contribution in [3.63, 3.8) is 0 Å². The molecule has 0 saturated heterocycles. The highest BCUT2D eigenvalue weighted by molar-refractivity contribution is 7.14. The summed E-state index contributed by atoms with van der Waals surface area (Å²) in [5.74, 6) is 1.14. The van der Waals surface area contributed by atoms with Gasteiger partial charge in [-0.05, 0) is 41.8 Å². The van der Waals surface area contributed by atoms with E-state index in [1.54, 1.807) is 0 Å². The quantitative estimate of drug-likeness (QED) is 0.465. The maximum absolute atomic E-state index is 11.3. The van der Waals surface area contributed by atoms with Crippen LogP contribution in [0.2, 0.25) is 5.02 Å². The number of benzene rings is 2. The Morgan fingerprint density at radius 3 is 2.63 bits per heavy atom. The molecule has 0 spiro atoms. The number of amides is 1. The maximum Gasteiger partial charge on any atom is 0.221 e. The van der Waals surface area contributed by atoms with Crippen molar-refractivity contribution in [3.05, 3.63) is 65.0 Å². The number of hydrogen-bond donors (Lipinski definition) is 2. The molecule has 27 heavy (non-hydrogen) atoms. The third-order valence-electron chi connectivity index (χ3n) is 3.87. The van der Waals surface area contributed by atoms with Gasteiger partial charge in [-0.2, -0.15) is 0 Å². The molecule has 0 unspecified atom stereocenters. The van der Waals surface area contributed by atoms with Crippen LogP contribution < -0.4 is 10.6 Å². The SMILES string of the molecule is CC(=O)Nc1cccc(Nc2nc(-c3sccc3Cl)nc3ccccc23)c1. The number of rotatable bonds is 4. The van der Waals surface area contributed by atoms with Gasteiger partial charge in [-0.15, -0.1) is 11.3 Å². The van der Waals surface area contributed by atoms with Gasteiger partial charge >= 0.3 is 0 Å². The maximum atomic E-state index is 11.3. The minimum Gasteiger partial charge on any atom is -0.340 e. The van der Waals surface area contributed by atoms with Crippen LogP contribution in [0.1, 0.15) is 6.92 Å². The van der Waals surface area contributed by atoms with Gasteiger partial charge in [-0.25, -0.2) is 9.97 Å². The van der Waals surface area contributed by atoms with E-state index in [1.807, 2.05) is 60.0 Å². The summed E-state index contributed by atoms with van der Waals surface area (Å²) in [6, 6.07) is 17.1. The van der Waals surface area contributed by atoms with Gasteiger partial charge in [0.2, 0.25) is 5.91 Å². The standard InChI is InChI=1S/C20H15ClN4OS/c1-12(26)22-13-5-4-6-14(11-13)23-19-15-7-2-3-8-17(15)24-20(25-19)18-16(21)9-10-27-18/h2-11H,1H3,(H,22,26)(H,23,24,25). The molecular weight excluding hydrogens is 380 g/mol. The van der Waals surface area contributed by atoms with E-state index in [0.717, 1.165) is 21.5 Å². The Bertz CT molecular complexity index is 1140. The topological polar surface area (TPSA) is 66.9 Å². The Kier molecular flexibility index (Phi) is 4.75. The lowest BCUT2D eigenvalue weighted by molar-refractivity contribution is -0.114. The number of nitrogens with zero attached hydrogens (tertiary/aromatic N) is 2. The fraction of sp³-hybridized carbons (Fsp3) is 0.0500. The zero-order valence-corrected chi connectivity index (χ0v) is 15.9. The Hall–Kier alpha value is -2.96. The number of thiophene rings is 1. The lowest BCUT2D eigenvalue weighted by Crippen LogP contribution is -2.06. The second-order valence-corrected chi connectivity index (χ2v) is 7.22. The number of para-hydroxylation sites is 1. The van der Waals surface area contributed by atoms with E-state index in [0.29, 0.717) is 22.4 Å². The van der Waals surface area contributed by atoms with Crippen LogP contribution >= 0.6 is 22.9 Å². The fourth-order valence-corrected chi connectivity index (χ4v) is 3.81. The van der Waals surface area contributed by atoms with E-state index < -0.39 is 0 Å². The van der Waals surface area contributed by atoms with Crippen LogP contribution in [0.25, 0.3) is 21.6 Å². The van der Waals surface area contributed by atoms with Crippen molar-refractivity contribution in [3.8, 4) is 10.7 Å². The predicted octanol–water partition coefficient (Wildman–Crippen LogP) is 5.71. The summed E-state index contributed by atoms with van der Waals surface area (Å²) in [5, 5.41) is 9.58. The van der Waals surface area contributed by atoms with Crippen LogP contribution in [0.4, 0.5) is 17.2 Å². The van der Waals surface area contributed by atoms with Gasteiger partial charge in [0.15, 0.2) is 5.82 Å². The monoisotopic (exact) mass is 394 g/mol. The van der Waals surface area contributed by atoms with Crippen molar-refractivity contribution in [1.29, 1.82) is 0 Å². The summed E-state index contributed by atoms with van der Waals surface area (Å²) in [5.41, 5.74) is 2.35. The molecule has 2 aromatic carbocycles. The van der Waals surface area contributed by atoms with Crippen molar-refractivity contribution in [1.82, 2.24) is 9.97 Å². The van der Waals surface area contributed by atoms with Gasteiger partial charge in [0.05, 0.1) is 15.4 Å². The van der Waals surface area contributed by atoms with Gasteiger partial charge in [0.25, 0.3) is 0 Å². The zero-order chi connectivity index (χ0) is 18.8. The zero-order valence-electron chi connectivity index (χ0n) is 14.4. The molecule has 2 aromatic heterocycles. The van der Waals surface area contributed by atoms with Crippen molar-refractivity contribution >= 4 is 56.9 Å². The summed E-state index contributed by atoms with van der Waals surface area (Å²) in [6.07, 6.45) is 0. The molecule has 0 fully saturated rings. The average molecular weight is 395 g/mol. The van der Waals surface area contributed by atoms with Crippen LogP contribution in [0.3, 0.4) is 0 Å². The van der Waals surface area contributed by atoms with E-state index in [2.05, 4.69) is 15.6 Å². The number of halogens is 1. The fourth-order valence-electron chi connectivity index (χ4n) is 2.74. The van der Waals surface area contributed by atoms with Crippen LogP contribution in [-0.4, -0.2) is 15.9 Å². The van der Waals surface area contributed by atoms with E-state index in [-0.39, 0.29) is 5.91 Å². The molecule has 0 atom stereocenters. The minimum absolute atomic E-state index is 0.116. The minimum atomic E-state index is -0.116. The molecule has 5 nitrogen and oxygen atoms in total. The van der Waals surface area contributed by atoms with E-state index in [4.69, 9.17) is 16.6 Å². The molecule has 4 aromatic rings. The number of fused-ring (bicyclic) bond motifs is 1. The van der Waals surface area contributed by atoms with Crippen LogP contribution in [0.5, 0.6) is 0 Å². The third kappa shape index (κ3) is 3.77. The van der Waals surface area contributed by atoms with Crippen molar-refractivity contribution in [2.24, 2.45) is 0 Å². The van der Waals surface area contributed by atoms with Crippen LogP contribution in [0.15, 0.2) is 60.0 Å². The smallest absolute Gasteiger partial charge is 0.221 e. The van der Waals surface area contributed by atoms with E-state index >= 15 is 0 Å². The van der Waals surface area contributed by atoms with Gasteiger partial charge in [-0.3, -0.25) is 4.79 Å². The predicted molar refractivity (Wildman–Crippen MR) is 112 cm³/mol. The van der Waals surface area contributed by atoms with Gasteiger partial charge in [0.1, 0.15) is 5.82 Å². The average Bonchev–Trinajstić information content (AvgIpc) is 3.07. The molecule has 4 rings (SSSR count). The summed E-state index contributed by atoms with van der Waals surface area (Å²) < 4.78 is 0. The first-order chi connectivity index (χ1) is 13.1. The number of hydrogen-bond acceptors (Lipinski definition) is 5. The Balaban J connectivity index is 1.79.